The number of benzene rings is 2. The molecule has 6 rings (SSSR count). The van der Waals surface area contributed by atoms with E-state index in [4.69, 9.17) is 5.73 Å². The SMILES string of the molecule is C[C@@]12C(=O)N[C@](c3ccccc3)(c3ccccc31)[C@H]1C(=O)N(C(N)=O)C(=O)[C@@H]12. The number of carbonyl (C=O) groups excluding carboxylic acids is 4. The van der Waals surface area contributed by atoms with Crippen LogP contribution in [0.15, 0.2) is 54.6 Å². The highest BCUT2D eigenvalue weighted by Gasteiger charge is 2.74. The summed E-state index contributed by atoms with van der Waals surface area (Å²) in [5.74, 6) is -3.69. The van der Waals surface area contributed by atoms with Crippen molar-refractivity contribution in [3.05, 3.63) is 71.3 Å². The molecule has 5 amide bonds. The summed E-state index contributed by atoms with van der Waals surface area (Å²) in [6, 6.07) is 15.3. The fourth-order valence-electron chi connectivity index (χ4n) is 5.35. The Morgan fingerprint density at radius 1 is 0.929 bits per heavy atom. The van der Waals surface area contributed by atoms with Gasteiger partial charge in [-0.15, -0.1) is 0 Å². The van der Waals surface area contributed by atoms with Gasteiger partial charge in [-0.3, -0.25) is 14.4 Å². The lowest BCUT2D eigenvalue weighted by molar-refractivity contribution is -0.147. The van der Waals surface area contributed by atoms with Crippen LogP contribution in [-0.2, 0) is 25.3 Å². The van der Waals surface area contributed by atoms with Gasteiger partial charge in [0.25, 0.3) is 0 Å². The smallest absolute Gasteiger partial charge is 0.328 e. The number of urea groups is 1. The minimum absolute atomic E-state index is 0.344. The number of hydrogen-bond donors (Lipinski definition) is 2. The summed E-state index contributed by atoms with van der Waals surface area (Å²) >= 11 is 0. The summed E-state index contributed by atoms with van der Waals surface area (Å²) in [6.07, 6.45) is 0. The molecular formula is C21H17N3O4. The van der Waals surface area contributed by atoms with Crippen molar-refractivity contribution in [2.24, 2.45) is 17.6 Å². The maximum Gasteiger partial charge on any atom is 0.328 e. The van der Waals surface area contributed by atoms with Gasteiger partial charge in [-0.2, -0.15) is 4.90 Å². The molecule has 2 aromatic rings. The van der Waals surface area contributed by atoms with Crippen molar-refractivity contribution >= 4 is 23.8 Å². The molecule has 1 aliphatic carbocycles. The molecule has 140 valence electrons. The number of nitrogens with zero attached hydrogens (tertiary/aromatic N) is 1. The van der Waals surface area contributed by atoms with E-state index in [2.05, 4.69) is 5.32 Å². The van der Waals surface area contributed by atoms with Gasteiger partial charge in [0, 0.05) is 0 Å². The first-order valence-corrected chi connectivity index (χ1v) is 9.00. The van der Waals surface area contributed by atoms with Crippen molar-refractivity contribution in [1.29, 1.82) is 0 Å². The third-order valence-corrected chi connectivity index (χ3v) is 6.54. The average molecular weight is 375 g/mol. The molecule has 2 fully saturated rings. The molecule has 2 bridgehead atoms. The first kappa shape index (κ1) is 16.7. The van der Waals surface area contributed by atoms with Crippen LogP contribution in [0.3, 0.4) is 0 Å². The Bertz CT molecular complexity index is 1080. The summed E-state index contributed by atoms with van der Waals surface area (Å²) in [4.78, 5) is 52.1. The van der Waals surface area contributed by atoms with E-state index in [0.717, 1.165) is 5.56 Å². The predicted molar refractivity (Wildman–Crippen MR) is 97.6 cm³/mol. The van der Waals surface area contributed by atoms with Gasteiger partial charge < -0.3 is 11.1 Å². The molecule has 3 heterocycles. The Morgan fingerprint density at radius 2 is 1.50 bits per heavy atom. The lowest BCUT2D eigenvalue weighted by Crippen LogP contribution is -2.72. The molecular weight excluding hydrogens is 358 g/mol. The molecule has 3 aliphatic heterocycles. The first-order chi connectivity index (χ1) is 13.3. The number of piperidine rings is 1. The summed E-state index contributed by atoms with van der Waals surface area (Å²) in [5.41, 5.74) is 4.97. The van der Waals surface area contributed by atoms with Gasteiger partial charge in [-0.25, -0.2) is 4.79 Å². The molecule has 3 N–H and O–H groups in total. The van der Waals surface area contributed by atoms with Crippen LogP contribution in [0.25, 0.3) is 0 Å². The van der Waals surface area contributed by atoms with Gasteiger partial charge in [0.05, 0.1) is 17.3 Å². The zero-order valence-corrected chi connectivity index (χ0v) is 15.0. The summed E-state index contributed by atoms with van der Waals surface area (Å²) in [5, 5.41) is 3.03. The summed E-state index contributed by atoms with van der Waals surface area (Å²) in [7, 11) is 0. The van der Waals surface area contributed by atoms with Crippen LogP contribution in [0.4, 0.5) is 4.79 Å². The third-order valence-electron chi connectivity index (χ3n) is 6.54. The summed E-state index contributed by atoms with van der Waals surface area (Å²) < 4.78 is 0. The van der Waals surface area contributed by atoms with Crippen LogP contribution in [-0.4, -0.2) is 28.7 Å². The second-order valence-electron chi connectivity index (χ2n) is 7.68. The third kappa shape index (κ3) is 1.61. The van der Waals surface area contributed by atoms with Crippen LogP contribution in [0.1, 0.15) is 23.6 Å². The maximum absolute atomic E-state index is 13.3. The minimum Gasteiger partial charge on any atom is -0.351 e. The Morgan fingerprint density at radius 3 is 2.14 bits per heavy atom. The second kappa shape index (κ2) is 5.07. The second-order valence-corrected chi connectivity index (χ2v) is 7.68. The number of amides is 5. The van der Waals surface area contributed by atoms with Crippen molar-refractivity contribution in [1.82, 2.24) is 10.2 Å². The van der Waals surface area contributed by atoms with Crippen molar-refractivity contribution in [3.63, 3.8) is 0 Å². The number of likely N-dealkylation sites (tertiary alicyclic amines) is 1. The number of carbonyl (C=O) groups is 4. The number of primary amides is 1. The normalized spacial score (nSPS) is 32.8. The van der Waals surface area contributed by atoms with E-state index < -0.39 is 40.6 Å². The van der Waals surface area contributed by atoms with Crippen molar-refractivity contribution in [3.8, 4) is 0 Å². The van der Waals surface area contributed by atoms with Gasteiger partial charge in [-0.05, 0) is 23.6 Å². The number of hydrogen-bond acceptors (Lipinski definition) is 4. The fraction of sp³-hybridized carbons (Fsp3) is 0.238. The molecule has 0 aromatic heterocycles. The zero-order valence-electron chi connectivity index (χ0n) is 15.0. The van der Waals surface area contributed by atoms with E-state index in [1.807, 2.05) is 48.5 Å². The zero-order chi connectivity index (χ0) is 19.8. The van der Waals surface area contributed by atoms with Crippen molar-refractivity contribution in [2.45, 2.75) is 17.9 Å². The Balaban J connectivity index is 1.91. The highest BCUT2D eigenvalue weighted by Crippen LogP contribution is 2.61. The topological polar surface area (TPSA) is 110 Å². The lowest BCUT2D eigenvalue weighted by atomic mass is 9.49. The molecule has 0 saturated carbocycles. The highest BCUT2D eigenvalue weighted by molar-refractivity contribution is 6.20. The molecule has 4 aliphatic rings. The first-order valence-electron chi connectivity index (χ1n) is 9.00. The lowest BCUT2D eigenvalue weighted by Gasteiger charge is -2.57. The monoisotopic (exact) mass is 375 g/mol. The van der Waals surface area contributed by atoms with Gasteiger partial charge in [0.1, 0.15) is 5.54 Å². The summed E-state index contributed by atoms with van der Waals surface area (Å²) in [6.45, 7) is 1.66. The van der Waals surface area contributed by atoms with Crippen LogP contribution in [0.5, 0.6) is 0 Å². The predicted octanol–water partition coefficient (Wildman–Crippen LogP) is 1.01. The van der Waals surface area contributed by atoms with E-state index in [9.17, 15) is 19.2 Å². The van der Waals surface area contributed by atoms with Crippen LogP contribution < -0.4 is 11.1 Å². The number of rotatable bonds is 1. The van der Waals surface area contributed by atoms with Crippen molar-refractivity contribution in [2.75, 3.05) is 0 Å². The quantitative estimate of drug-likeness (QED) is 0.725. The number of fused-ring (bicyclic) bond motifs is 1. The number of nitrogens with one attached hydrogen (secondary N) is 1. The van der Waals surface area contributed by atoms with E-state index in [1.165, 1.54) is 0 Å². The molecule has 4 atom stereocenters. The molecule has 2 aromatic carbocycles. The maximum atomic E-state index is 13.3. The number of nitrogens with two attached hydrogens (primary N) is 1. The van der Waals surface area contributed by atoms with E-state index in [1.54, 1.807) is 13.0 Å². The van der Waals surface area contributed by atoms with Gasteiger partial charge >= 0.3 is 6.03 Å². The van der Waals surface area contributed by atoms with E-state index in [-0.39, 0.29) is 5.91 Å². The molecule has 0 radical (unpaired) electrons. The van der Waals surface area contributed by atoms with Crippen LogP contribution in [0, 0.1) is 11.8 Å². The standard InChI is InChI=1S/C21H17N3O4/c1-20-12-9-5-6-10-13(12)21(23-18(20)27,11-7-3-2-4-8-11)15-14(20)16(25)24(17(15)26)19(22)28/h2-10,14-15H,1H3,(H2,22,28)(H,23,27)/t14-,15-,20-,21-/m1/s1. The Kier molecular flexibility index (Phi) is 3.02. The fourth-order valence-corrected chi connectivity index (χ4v) is 5.35. The average Bonchev–Trinajstić information content (AvgIpc) is 2.97. The van der Waals surface area contributed by atoms with Crippen molar-refractivity contribution < 1.29 is 19.2 Å². The number of imide groups is 3. The van der Waals surface area contributed by atoms with Crippen LogP contribution >= 0.6 is 0 Å². The minimum atomic E-state index is -1.27. The Hall–Kier alpha value is -3.48. The Labute approximate surface area is 160 Å². The van der Waals surface area contributed by atoms with Gasteiger partial charge in [0.2, 0.25) is 17.7 Å². The van der Waals surface area contributed by atoms with Crippen LogP contribution in [0.2, 0.25) is 0 Å². The molecule has 7 heteroatoms. The molecule has 0 unspecified atom stereocenters. The van der Waals surface area contributed by atoms with Gasteiger partial charge in [0.15, 0.2) is 0 Å². The van der Waals surface area contributed by atoms with E-state index >= 15 is 0 Å². The molecule has 0 spiro atoms. The van der Waals surface area contributed by atoms with Gasteiger partial charge in [-0.1, -0.05) is 54.6 Å². The largest absolute Gasteiger partial charge is 0.351 e. The molecule has 2 saturated heterocycles. The molecule has 7 nitrogen and oxygen atoms in total. The van der Waals surface area contributed by atoms with E-state index in [0.29, 0.717) is 16.0 Å². The highest BCUT2D eigenvalue weighted by atomic mass is 16.2. The molecule has 28 heavy (non-hydrogen) atoms.